The topological polar surface area (TPSA) is 24.9 Å². The predicted molar refractivity (Wildman–Crippen MR) is 77.8 cm³/mol. The molecule has 0 aromatic carbocycles. The molecule has 0 radical (unpaired) electrons. The van der Waals surface area contributed by atoms with Crippen LogP contribution in [0.25, 0.3) is 0 Å². The number of pyridine rings is 1. The summed E-state index contributed by atoms with van der Waals surface area (Å²) in [6, 6.07) is 4.59. The van der Waals surface area contributed by atoms with Crippen LogP contribution in [-0.2, 0) is 0 Å². The van der Waals surface area contributed by atoms with Crippen molar-refractivity contribution in [2.24, 2.45) is 0 Å². The highest BCUT2D eigenvalue weighted by Gasteiger charge is 2.11. The zero-order valence-electron chi connectivity index (χ0n) is 10.1. The first-order valence-corrected chi connectivity index (χ1v) is 7.11. The Morgan fingerprint density at radius 2 is 2.06 bits per heavy atom. The summed E-state index contributed by atoms with van der Waals surface area (Å²) in [5, 5.41) is 3.47. The maximum Gasteiger partial charge on any atom is 0.0542 e. The molecule has 0 saturated heterocycles. The van der Waals surface area contributed by atoms with Crippen molar-refractivity contribution in [3.8, 4) is 0 Å². The number of nitrogens with one attached hydrogen (secondary N) is 1. The lowest BCUT2D eigenvalue weighted by Gasteiger charge is -2.15. The van der Waals surface area contributed by atoms with Crippen LogP contribution in [0, 0.1) is 13.8 Å². The van der Waals surface area contributed by atoms with Gasteiger partial charge >= 0.3 is 0 Å². The molecule has 0 aliphatic carbocycles. The van der Waals surface area contributed by atoms with Gasteiger partial charge in [0, 0.05) is 26.5 Å². The third-order valence-electron chi connectivity index (χ3n) is 2.63. The Bertz CT molecular complexity index is 522. The molecule has 1 unspecified atom stereocenters. The van der Waals surface area contributed by atoms with E-state index >= 15 is 0 Å². The maximum atomic E-state index is 4.15. The summed E-state index contributed by atoms with van der Waals surface area (Å²) in [7, 11) is 0. The highest BCUT2D eigenvalue weighted by atomic mass is 79.9. The average Bonchev–Trinajstić information content (AvgIpc) is 2.58. The molecule has 2 heterocycles. The van der Waals surface area contributed by atoms with E-state index in [1.807, 2.05) is 23.6 Å². The molecule has 17 heavy (non-hydrogen) atoms. The van der Waals surface area contributed by atoms with E-state index < -0.39 is 0 Å². The van der Waals surface area contributed by atoms with E-state index in [0.717, 1.165) is 10.2 Å². The van der Waals surface area contributed by atoms with Gasteiger partial charge in [0.1, 0.15) is 0 Å². The van der Waals surface area contributed by atoms with Crippen LogP contribution in [0.4, 0.5) is 5.69 Å². The summed E-state index contributed by atoms with van der Waals surface area (Å²) in [6.07, 6.45) is 3.63. The summed E-state index contributed by atoms with van der Waals surface area (Å²) < 4.78 is 0.993. The van der Waals surface area contributed by atoms with Crippen molar-refractivity contribution < 1.29 is 0 Å². The molecule has 90 valence electrons. The number of aryl methyl sites for hydroxylation is 2. The number of anilines is 1. The third kappa shape index (κ3) is 3.07. The molecule has 0 bridgehead atoms. The Kier molecular flexibility index (Phi) is 3.84. The van der Waals surface area contributed by atoms with Crippen LogP contribution in [0.1, 0.15) is 28.3 Å². The van der Waals surface area contributed by atoms with Gasteiger partial charge in [-0.1, -0.05) is 0 Å². The molecular formula is C13H15BrN2S. The number of thiophene rings is 1. The number of nitrogens with zero attached hydrogens (tertiary/aromatic N) is 1. The highest BCUT2D eigenvalue weighted by molar-refractivity contribution is 9.10. The number of hydrogen-bond donors (Lipinski definition) is 1. The lowest BCUT2D eigenvalue weighted by molar-refractivity contribution is 0.879. The van der Waals surface area contributed by atoms with Gasteiger partial charge < -0.3 is 5.32 Å². The monoisotopic (exact) mass is 310 g/mol. The minimum atomic E-state index is 0.302. The van der Waals surface area contributed by atoms with Crippen molar-refractivity contribution in [3.05, 3.63) is 44.3 Å². The molecule has 0 amide bonds. The second-order valence-electron chi connectivity index (χ2n) is 4.13. The van der Waals surface area contributed by atoms with Crippen LogP contribution >= 0.6 is 27.3 Å². The zero-order chi connectivity index (χ0) is 12.4. The summed E-state index contributed by atoms with van der Waals surface area (Å²) in [5.41, 5.74) is 2.41. The number of aromatic nitrogens is 1. The van der Waals surface area contributed by atoms with E-state index in [1.54, 1.807) is 6.20 Å². The summed E-state index contributed by atoms with van der Waals surface area (Å²) in [6.45, 7) is 6.49. The van der Waals surface area contributed by atoms with Crippen LogP contribution in [0.15, 0.2) is 29.0 Å². The van der Waals surface area contributed by atoms with Crippen molar-refractivity contribution >= 4 is 33.0 Å². The second kappa shape index (κ2) is 5.19. The van der Waals surface area contributed by atoms with E-state index in [-0.39, 0.29) is 0 Å². The second-order valence-corrected chi connectivity index (χ2v) is 6.50. The Morgan fingerprint density at radius 3 is 2.65 bits per heavy atom. The molecule has 2 aromatic heterocycles. The lowest BCUT2D eigenvalue weighted by atomic mass is 10.1. The minimum Gasteiger partial charge on any atom is -0.377 e. The molecule has 1 N–H and O–H groups in total. The van der Waals surface area contributed by atoms with E-state index in [1.165, 1.54) is 15.3 Å². The van der Waals surface area contributed by atoms with E-state index in [2.05, 4.69) is 53.1 Å². The summed E-state index contributed by atoms with van der Waals surface area (Å²) in [5.74, 6) is 0. The van der Waals surface area contributed by atoms with Crippen LogP contribution in [0.5, 0.6) is 0 Å². The number of halogens is 1. The van der Waals surface area contributed by atoms with Crippen molar-refractivity contribution in [2.75, 3.05) is 5.32 Å². The lowest BCUT2D eigenvalue weighted by Crippen LogP contribution is -2.06. The normalized spacial score (nSPS) is 12.5. The highest BCUT2D eigenvalue weighted by Crippen LogP contribution is 2.28. The van der Waals surface area contributed by atoms with Gasteiger partial charge in [-0.2, -0.15) is 0 Å². The van der Waals surface area contributed by atoms with Crippen molar-refractivity contribution in [2.45, 2.75) is 26.8 Å². The van der Waals surface area contributed by atoms with E-state index in [9.17, 15) is 0 Å². The molecule has 0 spiro atoms. The van der Waals surface area contributed by atoms with Gasteiger partial charge in [-0.25, -0.2) is 0 Å². The predicted octanol–water partition coefficient (Wildman–Crippen LogP) is 4.70. The molecule has 1 atom stereocenters. The summed E-state index contributed by atoms with van der Waals surface area (Å²) >= 11 is 5.27. The first-order valence-electron chi connectivity index (χ1n) is 5.50. The van der Waals surface area contributed by atoms with Gasteiger partial charge in [-0.3, -0.25) is 4.98 Å². The molecule has 4 heteroatoms. The quantitative estimate of drug-likeness (QED) is 0.889. The van der Waals surface area contributed by atoms with Gasteiger partial charge in [0.2, 0.25) is 0 Å². The Labute approximate surface area is 114 Å². The molecule has 2 rings (SSSR count). The smallest absolute Gasteiger partial charge is 0.0542 e. The van der Waals surface area contributed by atoms with Gasteiger partial charge in [0.05, 0.1) is 11.9 Å². The standard InChI is InChI=1S/C13H15BrN2S/c1-8-4-13(10(3)17-8)9(2)16-12-5-11(14)6-15-7-12/h4-7,9,16H,1-3H3. The summed E-state index contributed by atoms with van der Waals surface area (Å²) in [4.78, 5) is 6.89. The SMILES string of the molecule is Cc1cc(C(C)Nc2cncc(Br)c2)c(C)s1. The van der Waals surface area contributed by atoms with Gasteiger partial charge in [-0.15, -0.1) is 11.3 Å². The fraction of sp³-hybridized carbons (Fsp3) is 0.308. The van der Waals surface area contributed by atoms with Gasteiger partial charge in [0.15, 0.2) is 0 Å². The average molecular weight is 311 g/mol. The number of hydrogen-bond acceptors (Lipinski definition) is 3. The van der Waals surface area contributed by atoms with Crippen molar-refractivity contribution in [1.82, 2.24) is 4.98 Å². The molecule has 2 aromatic rings. The largest absolute Gasteiger partial charge is 0.377 e. The minimum absolute atomic E-state index is 0.302. The first-order chi connectivity index (χ1) is 8.06. The van der Waals surface area contributed by atoms with Crippen LogP contribution in [0.3, 0.4) is 0 Å². The van der Waals surface area contributed by atoms with E-state index in [0.29, 0.717) is 6.04 Å². The third-order valence-corrected chi connectivity index (χ3v) is 4.05. The first kappa shape index (κ1) is 12.6. The molecule has 0 aliphatic heterocycles. The van der Waals surface area contributed by atoms with Crippen molar-refractivity contribution in [1.29, 1.82) is 0 Å². The van der Waals surface area contributed by atoms with Crippen LogP contribution in [0.2, 0.25) is 0 Å². The zero-order valence-corrected chi connectivity index (χ0v) is 12.5. The molecular weight excluding hydrogens is 296 g/mol. The maximum absolute atomic E-state index is 4.15. The van der Waals surface area contributed by atoms with Crippen molar-refractivity contribution in [3.63, 3.8) is 0 Å². The number of rotatable bonds is 3. The molecule has 2 nitrogen and oxygen atoms in total. The Hall–Kier alpha value is -0.870. The molecule has 0 fully saturated rings. The van der Waals surface area contributed by atoms with Crippen LogP contribution in [-0.4, -0.2) is 4.98 Å². The van der Waals surface area contributed by atoms with Gasteiger partial charge in [0.25, 0.3) is 0 Å². The Morgan fingerprint density at radius 1 is 1.29 bits per heavy atom. The molecule has 0 saturated carbocycles. The van der Waals surface area contributed by atoms with Crippen LogP contribution < -0.4 is 5.32 Å². The fourth-order valence-corrected chi connectivity index (χ4v) is 3.29. The molecule has 0 aliphatic rings. The fourth-order valence-electron chi connectivity index (χ4n) is 1.90. The van der Waals surface area contributed by atoms with E-state index in [4.69, 9.17) is 0 Å². The van der Waals surface area contributed by atoms with Gasteiger partial charge in [-0.05, 0) is 54.4 Å². The Balaban J connectivity index is 2.16.